The number of anilines is 1. The van der Waals surface area contributed by atoms with E-state index < -0.39 is 18.2 Å². The van der Waals surface area contributed by atoms with E-state index in [0.717, 1.165) is 11.1 Å². The van der Waals surface area contributed by atoms with Crippen LogP contribution in [0.2, 0.25) is 0 Å². The zero-order chi connectivity index (χ0) is 25.6. The van der Waals surface area contributed by atoms with Crippen molar-refractivity contribution in [1.82, 2.24) is 0 Å². The lowest BCUT2D eigenvalue weighted by Gasteiger charge is -2.25. The van der Waals surface area contributed by atoms with Crippen LogP contribution in [0.4, 0.5) is 10.5 Å². The zero-order valence-electron chi connectivity index (χ0n) is 20.5. The summed E-state index contributed by atoms with van der Waals surface area (Å²) in [5, 5.41) is 11.7. The number of rotatable bonds is 12. The minimum Gasteiger partial charge on any atom is -0.497 e. The first-order chi connectivity index (χ1) is 16.9. The Morgan fingerprint density at radius 3 is 2.31 bits per heavy atom. The number of allylic oxidation sites excluding steroid dienone is 2. The van der Waals surface area contributed by atoms with E-state index in [4.69, 9.17) is 24.1 Å². The molecule has 0 radical (unpaired) electrons. The molecule has 0 saturated heterocycles. The first-order valence-corrected chi connectivity index (χ1v) is 11.3. The van der Waals surface area contributed by atoms with Gasteiger partial charge in [-0.05, 0) is 55.8 Å². The first-order valence-electron chi connectivity index (χ1n) is 11.3. The Morgan fingerprint density at radius 1 is 1.06 bits per heavy atom. The summed E-state index contributed by atoms with van der Waals surface area (Å²) in [5.41, 5.74) is 2.23. The molecule has 0 unspecified atom stereocenters. The smallest absolute Gasteiger partial charge is 0.412 e. The van der Waals surface area contributed by atoms with Crippen LogP contribution >= 0.6 is 0 Å². The maximum Gasteiger partial charge on any atom is 0.412 e. The summed E-state index contributed by atoms with van der Waals surface area (Å²) in [4.78, 5) is 24.3. The van der Waals surface area contributed by atoms with E-state index in [1.165, 1.54) is 6.08 Å². The summed E-state index contributed by atoms with van der Waals surface area (Å²) < 4.78 is 21.3. The topological polar surface area (TPSA) is 103 Å². The number of benzene rings is 2. The molecule has 0 saturated carbocycles. The standard InChI is InChI=1S/C27H33NO7/c1-5-33-25(30)8-6-7-19(2)20(3)26(21-9-13-24(14-10-21)34-18-17-29)35-27(31)28-22-11-15-23(32-4)16-12-22/h6-16,20,26,29H,5,17-18H2,1-4H3,(H,28,31)/b8-6+,19-7+/t20-,26+/m0/s1. The van der Waals surface area contributed by atoms with Gasteiger partial charge in [-0.25, -0.2) is 9.59 Å². The number of aliphatic hydroxyl groups excluding tert-OH is 1. The van der Waals surface area contributed by atoms with Gasteiger partial charge in [-0.3, -0.25) is 5.32 Å². The molecule has 188 valence electrons. The molecule has 35 heavy (non-hydrogen) atoms. The van der Waals surface area contributed by atoms with Gasteiger partial charge in [0.25, 0.3) is 0 Å². The van der Waals surface area contributed by atoms with Crippen LogP contribution in [-0.2, 0) is 14.3 Å². The van der Waals surface area contributed by atoms with Gasteiger partial charge in [-0.15, -0.1) is 0 Å². The lowest BCUT2D eigenvalue weighted by molar-refractivity contribution is -0.137. The van der Waals surface area contributed by atoms with Crippen LogP contribution in [-0.4, -0.2) is 44.1 Å². The summed E-state index contributed by atoms with van der Waals surface area (Å²) in [6, 6.07) is 14.1. The van der Waals surface area contributed by atoms with E-state index >= 15 is 0 Å². The van der Waals surface area contributed by atoms with Gasteiger partial charge in [0.2, 0.25) is 0 Å². The van der Waals surface area contributed by atoms with Crippen LogP contribution in [0.5, 0.6) is 11.5 Å². The van der Waals surface area contributed by atoms with E-state index in [1.54, 1.807) is 62.6 Å². The summed E-state index contributed by atoms with van der Waals surface area (Å²) in [7, 11) is 1.57. The van der Waals surface area contributed by atoms with Crippen molar-refractivity contribution < 1.29 is 33.6 Å². The van der Waals surface area contributed by atoms with Crippen LogP contribution in [0.25, 0.3) is 0 Å². The Kier molecular flexibility index (Phi) is 11.4. The van der Waals surface area contributed by atoms with Gasteiger partial charge in [0.05, 0.1) is 20.3 Å². The minimum atomic E-state index is -0.618. The average Bonchev–Trinajstić information content (AvgIpc) is 2.86. The monoisotopic (exact) mass is 483 g/mol. The van der Waals surface area contributed by atoms with Gasteiger partial charge in [0, 0.05) is 17.7 Å². The lowest BCUT2D eigenvalue weighted by Crippen LogP contribution is -2.22. The zero-order valence-corrected chi connectivity index (χ0v) is 20.5. The van der Waals surface area contributed by atoms with Crippen LogP contribution in [0.3, 0.4) is 0 Å². The molecule has 2 N–H and O–H groups in total. The van der Waals surface area contributed by atoms with E-state index in [-0.39, 0.29) is 19.1 Å². The molecule has 2 atom stereocenters. The fourth-order valence-electron chi connectivity index (χ4n) is 3.17. The van der Waals surface area contributed by atoms with Gasteiger partial charge in [0.1, 0.15) is 24.2 Å². The number of ether oxygens (including phenoxy) is 4. The molecule has 2 rings (SSSR count). The first kappa shape index (κ1) is 27.5. The molecule has 2 aromatic rings. The predicted molar refractivity (Wildman–Crippen MR) is 134 cm³/mol. The fourth-order valence-corrected chi connectivity index (χ4v) is 3.17. The predicted octanol–water partition coefficient (Wildman–Crippen LogP) is 5.06. The third-order valence-corrected chi connectivity index (χ3v) is 5.19. The van der Waals surface area contributed by atoms with Crippen LogP contribution in [0.1, 0.15) is 32.4 Å². The summed E-state index contributed by atoms with van der Waals surface area (Å²) >= 11 is 0. The third-order valence-electron chi connectivity index (χ3n) is 5.19. The van der Waals surface area contributed by atoms with Crippen molar-refractivity contribution in [3.05, 3.63) is 77.9 Å². The molecular weight excluding hydrogens is 450 g/mol. The Hall–Kier alpha value is -3.78. The van der Waals surface area contributed by atoms with Crippen LogP contribution in [0, 0.1) is 5.92 Å². The quantitative estimate of drug-likeness (QED) is 0.247. The largest absolute Gasteiger partial charge is 0.497 e. The van der Waals surface area contributed by atoms with E-state index in [1.807, 2.05) is 26.0 Å². The number of hydrogen-bond donors (Lipinski definition) is 2. The van der Waals surface area contributed by atoms with Crippen LogP contribution in [0.15, 0.2) is 72.3 Å². The normalized spacial score (nSPS) is 13.1. The van der Waals surface area contributed by atoms with Crippen molar-refractivity contribution in [2.24, 2.45) is 5.92 Å². The molecule has 0 heterocycles. The van der Waals surface area contributed by atoms with Gasteiger partial charge in [0.15, 0.2) is 0 Å². The number of carbonyl (C=O) groups excluding carboxylic acids is 2. The number of carbonyl (C=O) groups is 2. The van der Waals surface area contributed by atoms with Gasteiger partial charge < -0.3 is 24.1 Å². The Labute approximate surface area is 206 Å². The molecule has 0 spiro atoms. The molecular formula is C27H33NO7. The van der Waals surface area contributed by atoms with E-state index in [0.29, 0.717) is 23.8 Å². The van der Waals surface area contributed by atoms with Crippen molar-refractivity contribution in [1.29, 1.82) is 0 Å². The highest BCUT2D eigenvalue weighted by Crippen LogP contribution is 2.32. The average molecular weight is 484 g/mol. The highest BCUT2D eigenvalue weighted by Gasteiger charge is 2.25. The SMILES string of the molecule is CCOC(=O)/C=C/C=C(\C)[C@H](C)[C@@H](OC(=O)Nc1ccc(OC)cc1)c1ccc(OCCO)cc1. The molecule has 0 fully saturated rings. The molecule has 0 aliphatic rings. The fraction of sp³-hybridized carbons (Fsp3) is 0.333. The molecule has 8 heteroatoms. The second-order valence-corrected chi connectivity index (χ2v) is 7.63. The van der Waals surface area contributed by atoms with Crippen molar-refractivity contribution in [3.8, 4) is 11.5 Å². The Bertz CT molecular complexity index is 997. The van der Waals surface area contributed by atoms with Crippen molar-refractivity contribution >= 4 is 17.7 Å². The van der Waals surface area contributed by atoms with Crippen LogP contribution < -0.4 is 14.8 Å². The highest BCUT2D eigenvalue weighted by molar-refractivity contribution is 5.85. The number of hydrogen-bond acceptors (Lipinski definition) is 7. The van der Waals surface area contributed by atoms with Gasteiger partial charge >= 0.3 is 12.1 Å². The maximum atomic E-state index is 12.7. The minimum absolute atomic E-state index is 0.0840. The molecule has 2 aromatic carbocycles. The number of nitrogens with one attached hydrogen (secondary N) is 1. The van der Waals surface area contributed by atoms with Crippen molar-refractivity contribution in [2.75, 3.05) is 32.2 Å². The molecule has 0 aliphatic carbocycles. The van der Waals surface area contributed by atoms with Gasteiger partial charge in [-0.1, -0.05) is 36.8 Å². The van der Waals surface area contributed by atoms with E-state index in [9.17, 15) is 9.59 Å². The summed E-state index contributed by atoms with van der Waals surface area (Å²) in [6.45, 7) is 5.99. The van der Waals surface area contributed by atoms with E-state index in [2.05, 4.69) is 5.32 Å². The van der Waals surface area contributed by atoms with Crippen molar-refractivity contribution in [3.63, 3.8) is 0 Å². The molecule has 0 aliphatic heterocycles. The second-order valence-electron chi connectivity index (χ2n) is 7.63. The number of amides is 1. The van der Waals surface area contributed by atoms with Crippen molar-refractivity contribution in [2.45, 2.75) is 26.9 Å². The third kappa shape index (κ3) is 9.17. The number of methoxy groups -OCH3 is 1. The number of aliphatic hydroxyl groups is 1. The molecule has 8 nitrogen and oxygen atoms in total. The maximum absolute atomic E-state index is 12.7. The molecule has 1 amide bonds. The summed E-state index contributed by atoms with van der Waals surface area (Å²) in [6.07, 6.45) is 3.52. The van der Waals surface area contributed by atoms with Gasteiger partial charge in [-0.2, -0.15) is 0 Å². The Morgan fingerprint density at radius 2 is 1.71 bits per heavy atom. The Balaban J connectivity index is 2.21. The molecule has 0 bridgehead atoms. The highest BCUT2D eigenvalue weighted by atomic mass is 16.6. The lowest BCUT2D eigenvalue weighted by atomic mass is 9.91. The number of esters is 1. The second kappa shape index (κ2) is 14.5. The summed E-state index contributed by atoms with van der Waals surface area (Å²) in [5.74, 6) is 0.638. The molecule has 0 aromatic heterocycles.